The molecule has 2 aliphatic heterocycles. The van der Waals surface area contributed by atoms with E-state index in [4.69, 9.17) is 9.84 Å². The predicted molar refractivity (Wildman–Crippen MR) is 166 cm³/mol. The normalized spacial score (nSPS) is 17.2. The first kappa shape index (κ1) is 26.9. The van der Waals surface area contributed by atoms with Crippen LogP contribution in [0.15, 0.2) is 91.3 Å². The molecule has 0 N–H and O–H groups in total. The minimum absolute atomic E-state index is 0.157. The first-order valence-electron chi connectivity index (χ1n) is 15.3. The molecule has 5 heterocycles. The molecule has 0 spiro atoms. The lowest BCUT2D eigenvalue weighted by Crippen LogP contribution is -2.30. The highest BCUT2D eigenvalue weighted by Gasteiger charge is 2.24. The second-order valence-electron chi connectivity index (χ2n) is 11.6. The van der Waals surface area contributed by atoms with Crippen LogP contribution in [0.3, 0.4) is 0 Å². The Labute approximate surface area is 254 Å². The van der Waals surface area contributed by atoms with E-state index < -0.39 is 5.95 Å². The summed E-state index contributed by atoms with van der Waals surface area (Å²) in [7, 11) is 0. The van der Waals surface area contributed by atoms with E-state index in [9.17, 15) is 4.39 Å². The summed E-state index contributed by atoms with van der Waals surface area (Å²) in [6.07, 6.45) is 7.27. The lowest BCUT2D eigenvalue weighted by atomic mass is 9.98. The van der Waals surface area contributed by atoms with Crippen LogP contribution in [0.25, 0.3) is 39.1 Å². The molecular formula is C35H32FN7O. The highest BCUT2D eigenvalue weighted by atomic mass is 19.1. The van der Waals surface area contributed by atoms with E-state index in [1.165, 1.54) is 22.9 Å². The number of hydrogen-bond acceptors (Lipinski definition) is 6. The third kappa shape index (κ3) is 5.08. The SMILES string of the molecule is Fc1ncccc1-c1ccc2c(c1)c(-c1cn(-c3ccc4c(c3)CN(Cc3ccccc3)CC4)nn1)nn2C1CCCCO1. The number of pyridine rings is 1. The van der Waals surface area contributed by atoms with Crippen molar-refractivity contribution in [2.45, 2.75) is 45.0 Å². The van der Waals surface area contributed by atoms with Crippen molar-refractivity contribution in [3.8, 4) is 28.2 Å². The Balaban J connectivity index is 1.14. The zero-order valence-corrected chi connectivity index (χ0v) is 24.3. The van der Waals surface area contributed by atoms with Gasteiger partial charge in [-0.1, -0.05) is 47.7 Å². The van der Waals surface area contributed by atoms with Crippen LogP contribution in [0.5, 0.6) is 0 Å². The molecule has 3 aromatic heterocycles. The smallest absolute Gasteiger partial charge is 0.220 e. The molecule has 0 saturated carbocycles. The average Bonchev–Trinajstić information content (AvgIpc) is 3.71. The van der Waals surface area contributed by atoms with E-state index in [0.29, 0.717) is 23.6 Å². The Kier molecular flexibility index (Phi) is 6.96. The molecule has 0 amide bonds. The summed E-state index contributed by atoms with van der Waals surface area (Å²) in [6, 6.07) is 26.5. The minimum atomic E-state index is -0.503. The number of ether oxygens (including phenoxy) is 1. The number of nitrogens with zero attached hydrogens (tertiary/aromatic N) is 7. The summed E-state index contributed by atoms with van der Waals surface area (Å²) in [6.45, 7) is 3.57. The molecule has 9 heteroatoms. The van der Waals surface area contributed by atoms with Crippen molar-refractivity contribution in [1.82, 2.24) is 34.7 Å². The van der Waals surface area contributed by atoms with Gasteiger partial charge in [-0.2, -0.15) is 9.49 Å². The first-order chi connectivity index (χ1) is 21.7. The van der Waals surface area contributed by atoms with Crippen molar-refractivity contribution < 1.29 is 9.13 Å². The number of rotatable bonds is 6. The van der Waals surface area contributed by atoms with Crippen molar-refractivity contribution in [3.63, 3.8) is 0 Å². The van der Waals surface area contributed by atoms with Crippen molar-refractivity contribution in [3.05, 3.63) is 114 Å². The van der Waals surface area contributed by atoms with Gasteiger partial charge < -0.3 is 4.74 Å². The molecule has 1 unspecified atom stereocenters. The molecule has 1 atom stereocenters. The lowest BCUT2D eigenvalue weighted by molar-refractivity contribution is -0.0365. The second kappa shape index (κ2) is 11.4. The third-order valence-electron chi connectivity index (χ3n) is 8.74. The van der Waals surface area contributed by atoms with E-state index >= 15 is 0 Å². The van der Waals surface area contributed by atoms with Crippen LogP contribution < -0.4 is 0 Å². The monoisotopic (exact) mass is 585 g/mol. The summed E-state index contributed by atoms with van der Waals surface area (Å²) in [5.41, 5.74) is 8.42. The zero-order valence-electron chi connectivity index (χ0n) is 24.3. The van der Waals surface area contributed by atoms with Gasteiger partial charge in [0, 0.05) is 43.4 Å². The van der Waals surface area contributed by atoms with E-state index in [1.54, 1.807) is 12.1 Å². The van der Waals surface area contributed by atoms with Gasteiger partial charge in [-0.15, -0.1) is 5.10 Å². The second-order valence-corrected chi connectivity index (χ2v) is 11.6. The van der Waals surface area contributed by atoms with Gasteiger partial charge in [0.2, 0.25) is 5.95 Å². The summed E-state index contributed by atoms with van der Waals surface area (Å²) < 4.78 is 24.5. The molecule has 3 aromatic carbocycles. The van der Waals surface area contributed by atoms with Crippen molar-refractivity contribution in [2.24, 2.45) is 0 Å². The average molecular weight is 586 g/mol. The van der Waals surface area contributed by atoms with Crippen molar-refractivity contribution in [1.29, 1.82) is 0 Å². The van der Waals surface area contributed by atoms with Crippen LogP contribution in [-0.4, -0.2) is 47.8 Å². The van der Waals surface area contributed by atoms with E-state index in [0.717, 1.165) is 67.5 Å². The molecule has 220 valence electrons. The fourth-order valence-corrected chi connectivity index (χ4v) is 6.45. The predicted octanol–water partition coefficient (Wildman–Crippen LogP) is 6.74. The van der Waals surface area contributed by atoms with E-state index in [-0.39, 0.29) is 6.23 Å². The van der Waals surface area contributed by atoms with Crippen LogP contribution in [0, 0.1) is 5.95 Å². The molecular weight excluding hydrogens is 553 g/mol. The van der Waals surface area contributed by atoms with Gasteiger partial charge in [0.1, 0.15) is 11.4 Å². The maximum atomic E-state index is 14.7. The zero-order chi connectivity index (χ0) is 29.5. The Morgan fingerprint density at radius 2 is 1.86 bits per heavy atom. The summed E-state index contributed by atoms with van der Waals surface area (Å²) >= 11 is 0. The van der Waals surface area contributed by atoms with Gasteiger partial charge in [0.15, 0.2) is 6.23 Å². The summed E-state index contributed by atoms with van der Waals surface area (Å²) in [5.74, 6) is -0.503. The van der Waals surface area contributed by atoms with Gasteiger partial charge in [-0.25, -0.2) is 14.3 Å². The molecule has 0 radical (unpaired) electrons. The largest absolute Gasteiger partial charge is 0.356 e. The molecule has 0 bridgehead atoms. The molecule has 0 aliphatic carbocycles. The number of fused-ring (bicyclic) bond motifs is 2. The Morgan fingerprint density at radius 3 is 2.73 bits per heavy atom. The van der Waals surface area contributed by atoms with Crippen LogP contribution in [-0.2, 0) is 24.2 Å². The fraction of sp³-hybridized carbons (Fsp3) is 0.257. The maximum absolute atomic E-state index is 14.7. The van der Waals surface area contributed by atoms with Gasteiger partial charge in [-0.05, 0) is 84.3 Å². The van der Waals surface area contributed by atoms with Gasteiger partial charge in [-0.3, -0.25) is 4.90 Å². The highest BCUT2D eigenvalue weighted by molar-refractivity contribution is 5.95. The molecule has 1 fully saturated rings. The third-order valence-corrected chi connectivity index (χ3v) is 8.74. The Morgan fingerprint density at radius 1 is 0.932 bits per heavy atom. The van der Waals surface area contributed by atoms with E-state index in [1.807, 2.05) is 33.8 Å². The Hall–Kier alpha value is -4.73. The Bertz CT molecular complexity index is 1940. The van der Waals surface area contributed by atoms with Gasteiger partial charge in [0.25, 0.3) is 0 Å². The fourth-order valence-electron chi connectivity index (χ4n) is 6.45. The number of aromatic nitrogens is 6. The first-order valence-corrected chi connectivity index (χ1v) is 15.3. The van der Waals surface area contributed by atoms with Crippen molar-refractivity contribution in [2.75, 3.05) is 13.2 Å². The molecule has 6 aromatic rings. The maximum Gasteiger partial charge on any atom is 0.220 e. The highest BCUT2D eigenvalue weighted by Crippen LogP contribution is 2.35. The number of hydrogen-bond donors (Lipinski definition) is 0. The quantitative estimate of drug-likeness (QED) is 0.202. The molecule has 8 rings (SSSR count). The van der Waals surface area contributed by atoms with Crippen LogP contribution in [0.1, 0.15) is 42.2 Å². The number of benzene rings is 3. The molecule has 1 saturated heterocycles. The van der Waals surface area contributed by atoms with Crippen LogP contribution >= 0.6 is 0 Å². The van der Waals surface area contributed by atoms with Crippen LogP contribution in [0.2, 0.25) is 0 Å². The topological polar surface area (TPSA) is 73.9 Å². The van der Waals surface area contributed by atoms with Crippen molar-refractivity contribution >= 4 is 10.9 Å². The standard InChI is InChI=1S/C35H32FN7O/c36-35-29(9-6-16-37-35)26-12-14-32-30(20-26)34(39-43(32)33-10-4-5-18-44-33)31-23-42(40-38-31)28-13-11-25-15-17-41(22-27(25)19-28)21-24-7-2-1-3-8-24/h1-3,6-9,11-14,16,19-20,23,33H,4-5,10,15,17-18,21-22H2. The molecule has 2 aliphatic rings. The van der Waals surface area contributed by atoms with E-state index in [2.05, 4.69) is 68.7 Å². The minimum Gasteiger partial charge on any atom is -0.356 e. The number of halogens is 1. The van der Waals surface area contributed by atoms with Crippen LogP contribution in [0.4, 0.5) is 4.39 Å². The lowest BCUT2D eigenvalue weighted by Gasteiger charge is -2.29. The summed E-state index contributed by atoms with van der Waals surface area (Å²) in [4.78, 5) is 6.34. The molecule has 8 nitrogen and oxygen atoms in total. The summed E-state index contributed by atoms with van der Waals surface area (Å²) in [5, 5.41) is 15.0. The van der Waals surface area contributed by atoms with Gasteiger partial charge >= 0.3 is 0 Å². The van der Waals surface area contributed by atoms with Gasteiger partial charge in [0.05, 0.1) is 17.4 Å². The molecule has 44 heavy (non-hydrogen) atoms.